The lowest BCUT2D eigenvalue weighted by Crippen LogP contribution is -2.16. The summed E-state index contributed by atoms with van der Waals surface area (Å²) in [6, 6.07) is 5.87. The number of rotatable bonds is 1. The molecule has 0 radical (unpaired) electrons. The summed E-state index contributed by atoms with van der Waals surface area (Å²) in [5.41, 5.74) is -0.325. The zero-order valence-electron chi connectivity index (χ0n) is 7.61. The predicted octanol–water partition coefficient (Wildman–Crippen LogP) is 1.61. The molecule has 0 saturated carbocycles. The van der Waals surface area contributed by atoms with Crippen molar-refractivity contribution in [3.8, 4) is 6.07 Å². The average molecular weight is 174 g/mol. The van der Waals surface area contributed by atoms with Crippen LogP contribution in [0, 0.1) is 11.3 Å². The molecule has 1 fully saturated rings. The Bertz CT molecular complexity index is 366. The van der Waals surface area contributed by atoms with E-state index < -0.39 is 5.60 Å². The van der Waals surface area contributed by atoms with Gasteiger partial charge in [-0.2, -0.15) is 5.26 Å². The fourth-order valence-corrected chi connectivity index (χ4v) is 1.56. The first-order valence-electron chi connectivity index (χ1n) is 4.14. The summed E-state index contributed by atoms with van der Waals surface area (Å²) >= 11 is 0. The highest BCUT2D eigenvalue weighted by atomic mass is 16.6. The second-order valence-corrected chi connectivity index (χ2v) is 3.65. The van der Waals surface area contributed by atoms with E-state index in [1.807, 2.05) is 26.0 Å². The molecule has 0 N–H and O–H groups in total. The summed E-state index contributed by atoms with van der Waals surface area (Å²) in [6.45, 7) is 3.81. The number of nitrogens with zero attached hydrogens (tertiary/aromatic N) is 2. The lowest BCUT2D eigenvalue weighted by Gasteiger charge is -2.04. The lowest BCUT2D eigenvalue weighted by molar-refractivity contribution is 0.304. The summed E-state index contributed by atoms with van der Waals surface area (Å²) in [7, 11) is 0. The Morgan fingerprint density at radius 3 is 2.62 bits per heavy atom. The summed E-state index contributed by atoms with van der Waals surface area (Å²) in [4.78, 5) is 3.97. The summed E-state index contributed by atoms with van der Waals surface area (Å²) < 4.78 is 5.43. The number of epoxide rings is 1. The summed E-state index contributed by atoms with van der Waals surface area (Å²) in [5.74, 6) is 0. The highest BCUT2D eigenvalue weighted by Crippen LogP contribution is 2.54. The van der Waals surface area contributed by atoms with Gasteiger partial charge in [0.1, 0.15) is 11.7 Å². The van der Waals surface area contributed by atoms with Crippen molar-refractivity contribution in [1.29, 1.82) is 5.26 Å². The zero-order valence-corrected chi connectivity index (χ0v) is 7.61. The van der Waals surface area contributed by atoms with Gasteiger partial charge in [0.15, 0.2) is 0 Å². The van der Waals surface area contributed by atoms with Crippen LogP contribution in [0.2, 0.25) is 0 Å². The minimum Gasteiger partial charge on any atom is -0.343 e. The Hall–Kier alpha value is -1.40. The van der Waals surface area contributed by atoms with Gasteiger partial charge in [-0.15, -0.1) is 0 Å². The van der Waals surface area contributed by atoms with Crippen LogP contribution in [-0.4, -0.2) is 10.6 Å². The predicted molar refractivity (Wildman–Crippen MR) is 46.7 cm³/mol. The van der Waals surface area contributed by atoms with Crippen molar-refractivity contribution >= 4 is 0 Å². The highest BCUT2D eigenvalue weighted by Gasteiger charge is 2.66. The minimum atomic E-state index is -0.777. The molecule has 0 amide bonds. The fourth-order valence-electron chi connectivity index (χ4n) is 1.56. The Balaban J connectivity index is 2.44. The molecule has 0 aromatic carbocycles. The highest BCUT2D eigenvalue weighted by molar-refractivity contribution is 5.38. The van der Waals surface area contributed by atoms with Crippen molar-refractivity contribution in [1.82, 2.24) is 4.98 Å². The topological polar surface area (TPSA) is 49.2 Å². The molecule has 1 aromatic heterocycles. The van der Waals surface area contributed by atoms with Gasteiger partial charge in [0.05, 0.1) is 0 Å². The fraction of sp³-hybridized carbons (Fsp3) is 0.400. The van der Waals surface area contributed by atoms with Gasteiger partial charge in [-0.1, -0.05) is 6.07 Å². The van der Waals surface area contributed by atoms with Crippen LogP contribution >= 0.6 is 0 Å². The first-order chi connectivity index (χ1) is 6.12. The van der Waals surface area contributed by atoms with E-state index in [4.69, 9.17) is 10.00 Å². The van der Waals surface area contributed by atoms with Crippen LogP contribution in [0.5, 0.6) is 0 Å². The molecule has 2 heterocycles. The Labute approximate surface area is 77.0 Å². The van der Waals surface area contributed by atoms with E-state index in [0.717, 1.165) is 5.56 Å². The van der Waals surface area contributed by atoms with Gasteiger partial charge in [-0.3, -0.25) is 4.98 Å². The van der Waals surface area contributed by atoms with Gasteiger partial charge in [0.2, 0.25) is 5.60 Å². The first kappa shape index (κ1) is 8.21. The Morgan fingerprint density at radius 2 is 2.23 bits per heavy atom. The Kier molecular flexibility index (Phi) is 1.45. The number of nitriles is 1. The maximum atomic E-state index is 9.04. The number of ether oxygens (including phenoxy) is 1. The number of aromatic nitrogens is 1. The summed E-state index contributed by atoms with van der Waals surface area (Å²) in [6.07, 6.45) is 3.36. The van der Waals surface area contributed by atoms with Crippen LogP contribution in [-0.2, 0) is 10.3 Å². The quantitative estimate of drug-likeness (QED) is 0.608. The second kappa shape index (κ2) is 2.30. The number of hydrogen-bond donors (Lipinski definition) is 0. The van der Waals surface area contributed by atoms with Crippen LogP contribution in [0.15, 0.2) is 24.5 Å². The molecule has 1 saturated heterocycles. The molecule has 1 atom stereocenters. The van der Waals surface area contributed by atoms with Gasteiger partial charge >= 0.3 is 0 Å². The van der Waals surface area contributed by atoms with Crippen LogP contribution in [0.3, 0.4) is 0 Å². The molecule has 1 aromatic rings. The van der Waals surface area contributed by atoms with Crippen molar-refractivity contribution in [3.63, 3.8) is 0 Å². The van der Waals surface area contributed by atoms with Crippen molar-refractivity contribution in [2.45, 2.75) is 25.0 Å². The molecule has 1 aliphatic rings. The van der Waals surface area contributed by atoms with Crippen molar-refractivity contribution in [2.75, 3.05) is 0 Å². The molecule has 0 aliphatic carbocycles. The monoisotopic (exact) mass is 174 g/mol. The maximum Gasteiger partial charge on any atom is 0.210 e. The maximum absolute atomic E-state index is 9.04. The molecule has 66 valence electrons. The second-order valence-electron chi connectivity index (χ2n) is 3.65. The molecular formula is C10H10N2O. The molecule has 0 bridgehead atoms. The van der Waals surface area contributed by atoms with E-state index >= 15 is 0 Å². The molecular weight excluding hydrogens is 164 g/mol. The third-order valence-electron chi connectivity index (χ3n) is 2.44. The summed E-state index contributed by atoms with van der Waals surface area (Å²) in [5, 5.41) is 9.04. The van der Waals surface area contributed by atoms with Gasteiger partial charge in [-0.25, -0.2) is 0 Å². The lowest BCUT2D eigenvalue weighted by atomic mass is 9.91. The van der Waals surface area contributed by atoms with E-state index in [1.54, 1.807) is 12.4 Å². The molecule has 0 unspecified atom stereocenters. The third-order valence-corrected chi connectivity index (χ3v) is 2.44. The molecule has 3 heteroatoms. The van der Waals surface area contributed by atoms with Gasteiger partial charge in [0.25, 0.3) is 0 Å². The molecule has 2 rings (SSSR count). The molecule has 0 spiro atoms. The van der Waals surface area contributed by atoms with Crippen molar-refractivity contribution in [2.24, 2.45) is 0 Å². The van der Waals surface area contributed by atoms with Crippen LogP contribution in [0.1, 0.15) is 19.4 Å². The standard InChI is InChI=1S/C10H10N2O/c1-9(2)10(7-11,13-9)8-4-3-5-12-6-8/h3-6H,1-2H3/t10-/m0/s1. The van der Waals surface area contributed by atoms with E-state index in [1.165, 1.54) is 0 Å². The number of pyridine rings is 1. The van der Waals surface area contributed by atoms with E-state index in [0.29, 0.717) is 0 Å². The number of hydrogen-bond acceptors (Lipinski definition) is 3. The van der Waals surface area contributed by atoms with E-state index in [9.17, 15) is 0 Å². The van der Waals surface area contributed by atoms with E-state index in [2.05, 4.69) is 11.1 Å². The van der Waals surface area contributed by atoms with Crippen molar-refractivity contribution < 1.29 is 4.74 Å². The van der Waals surface area contributed by atoms with Crippen LogP contribution < -0.4 is 0 Å². The normalized spacial score (nSPS) is 29.3. The van der Waals surface area contributed by atoms with Crippen LogP contribution in [0.4, 0.5) is 0 Å². The third kappa shape index (κ3) is 0.958. The Morgan fingerprint density at radius 1 is 1.54 bits per heavy atom. The SMILES string of the molecule is CC1(C)O[C@@]1(C#N)c1cccnc1. The van der Waals surface area contributed by atoms with Crippen molar-refractivity contribution in [3.05, 3.63) is 30.1 Å². The zero-order chi connectivity index (χ0) is 9.53. The largest absolute Gasteiger partial charge is 0.343 e. The van der Waals surface area contributed by atoms with Gasteiger partial charge in [0, 0.05) is 18.0 Å². The van der Waals surface area contributed by atoms with Crippen LogP contribution in [0.25, 0.3) is 0 Å². The molecule has 3 nitrogen and oxygen atoms in total. The minimum absolute atomic E-state index is 0.384. The van der Waals surface area contributed by atoms with Gasteiger partial charge in [-0.05, 0) is 19.9 Å². The first-order valence-corrected chi connectivity index (χ1v) is 4.14. The van der Waals surface area contributed by atoms with Gasteiger partial charge < -0.3 is 4.74 Å². The smallest absolute Gasteiger partial charge is 0.210 e. The average Bonchev–Trinajstić information content (AvgIpc) is 2.72. The molecule has 13 heavy (non-hydrogen) atoms. The molecule has 1 aliphatic heterocycles. The van der Waals surface area contributed by atoms with E-state index in [-0.39, 0.29) is 5.60 Å².